The fourth-order valence-electron chi connectivity index (χ4n) is 5.65. The molecule has 4 aromatic rings. The van der Waals surface area contributed by atoms with E-state index >= 15 is 0 Å². The lowest BCUT2D eigenvalue weighted by Crippen LogP contribution is -2.38. The van der Waals surface area contributed by atoms with Gasteiger partial charge in [0, 0.05) is 29.6 Å². The smallest absolute Gasteiger partial charge is 0.254 e. The topological polar surface area (TPSA) is 77.3 Å². The molecule has 0 saturated carbocycles. The molecule has 2 aromatic carbocycles. The molecule has 1 amide bonds. The van der Waals surface area contributed by atoms with Gasteiger partial charge in [0.1, 0.15) is 11.6 Å². The number of morpholine rings is 1. The van der Waals surface area contributed by atoms with Gasteiger partial charge in [0.2, 0.25) is 6.79 Å². The molecule has 2 aliphatic heterocycles. The fraction of sp³-hybridized carbons (Fsp3) is 0.333. The molecule has 0 bridgehead atoms. The zero-order valence-electron chi connectivity index (χ0n) is 21.2. The first-order chi connectivity index (χ1) is 18.7. The van der Waals surface area contributed by atoms with Gasteiger partial charge in [-0.1, -0.05) is 0 Å². The Labute approximate surface area is 220 Å². The van der Waals surface area contributed by atoms with Crippen LogP contribution in [0.25, 0.3) is 10.9 Å². The molecule has 3 aliphatic rings. The molecule has 0 atom stereocenters. The summed E-state index contributed by atoms with van der Waals surface area (Å²) in [6.45, 7) is 3.75. The summed E-state index contributed by atoms with van der Waals surface area (Å²) in [6, 6.07) is 15.8. The lowest BCUT2D eigenvalue weighted by atomic mass is 10.0. The van der Waals surface area contributed by atoms with E-state index < -0.39 is 0 Å². The van der Waals surface area contributed by atoms with Gasteiger partial charge < -0.3 is 28.4 Å². The van der Waals surface area contributed by atoms with Crippen molar-refractivity contribution in [3.63, 3.8) is 0 Å². The second-order valence-corrected chi connectivity index (χ2v) is 10.0. The Morgan fingerprint density at radius 2 is 1.79 bits per heavy atom. The van der Waals surface area contributed by atoms with Crippen molar-refractivity contribution in [2.45, 2.75) is 32.4 Å². The number of rotatable bonds is 6. The largest absolute Gasteiger partial charge is 0.467 e. The number of fused-ring (bicyclic) bond motifs is 3. The average molecular weight is 512 g/mol. The van der Waals surface area contributed by atoms with Crippen LogP contribution in [0.4, 0.5) is 5.82 Å². The van der Waals surface area contributed by atoms with E-state index in [0.29, 0.717) is 43.4 Å². The minimum Gasteiger partial charge on any atom is -0.467 e. The van der Waals surface area contributed by atoms with E-state index in [1.54, 1.807) is 24.5 Å². The molecule has 8 nitrogen and oxygen atoms in total. The Balaban J connectivity index is 1.29. The third kappa shape index (κ3) is 4.35. The molecular weight excluding hydrogens is 482 g/mol. The fourth-order valence-corrected chi connectivity index (χ4v) is 5.65. The summed E-state index contributed by atoms with van der Waals surface area (Å²) in [4.78, 5) is 23.2. The van der Waals surface area contributed by atoms with E-state index in [1.165, 1.54) is 17.5 Å². The number of carbonyl (C=O) groups is 1. The molecular formula is C30H29N3O5. The molecule has 1 fully saturated rings. The zero-order chi connectivity index (χ0) is 25.5. The normalized spacial score (nSPS) is 16.2. The highest BCUT2D eigenvalue weighted by Crippen LogP contribution is 2.34. The summed E-state index contributed by atoms with van der Waals surface area (Å²) >= 11 is 0. The molecule has 0 radical (unpaired) electrons. The Hall–Kier alpha value is -4.04. The summed E-state index contributed by atoms with van der Waals surface area (Å²) in [6.07, 6.45) is 5.05. The highest BCUT2D eigenvalue weighted by Gasteiger charge is 2.25. The highest BCUT2D eigenvalue weighted by atomic mass is 16.7. The lowest BCUT2D eigenvalue weighted by molar-refractivity contribution is 0.0717. The molecule has 1 saturated heterocycles. The summed E-state index contributed by atoms with van der Waals surface area (Å²) in [5, 5.41) is 1.12. The minimum atomic E-state index is -0.110. The van der Waals surface area contributed by atoms with Crippen molar-refractivity contribution in [1.82, 2.24) is 9.88 Å². The maximum absolute atomic E-state index is 13.9. The molecule has 0 spiro atoms. The number of hydrogen-bond acceptors (Lipinski definition) is 7. The number of furan rings is 1. The molecule has 7 rings (SSSR count). The van der Waals surface area contributed by atoms with Gasteiger partial charge in [-0.2, -0.15) is 0 Å². The quantitative estimate of drug-likeness (QED) is 0.371. The monoisotopic (exact) mass is 511 g/mol. The number of ether oxygens (including phenoxy) is 3. The van der Waals surface area contributed by atoms with Crippen molar-refractivity contribution < 1.29 is 23.4 Å². The molecule has 2 aromatic heterocycles. The molecule has 194 valence electrons. The van der Waals surface area contributed by atoms with Crippen molar-refractivity contribution in [2.75, 3.05) is 38.0 Å². The average Bonchev–Trinajstić information content (AvgIpc) is 3.73. The Morgan fingerprint density at radius 1 is 0.947 bits per heavy atom. The highest BCUT2D eigenvalue weighted by molar-refractivity contribution is 5.95. The van der Waals surface area contributed by atoms with E-state index in [4.69, 9.17) is 23.6 Å². The van der Waals surface area contributed by atoms with Crippen LogP contribution in [0.15, 0.2) is 59.2 Å². The lowest BCUT2D eigenvalue weighted by Gasteiger charge is -2.31. The standard InChI is InChI=1S/C30H29N3O5/c34-30(22-6-7-27-28(16-22)38-19-37-27)33(18-25-5-2-10-36-25)17-24-14-23-13-20-3-1-4-21(20)15-26(23)31-29(24)32-8-11-35-12-9-32/h2,5-7,10,13-16H,1,3-4,8-9,11-12,17-19H2. The molecule has 0 unspecified atom stereocenters. The van der Waals surface area contributed by atoms with Crippen LogP contribution in [0, 0.1) is 0 Å². The number of amides is 1. The molecule has 1 aliphatic carbocycles. The van der Waals surface area contributed by atoms with Crippen molar-refractivity contribution in [3.8, 4) is 11.5 Å². The number of pyridine rings is 1. The number of benzene rings is 2. The Bertz CT molecular complexity index is 1490. The molecule has 4 heterocycles. The first-order valence-electron chi connectivity index (χ1n) is 13.2. The van der Waals surface area contributed by atoms with E-state index in [-0.39, 0.29) is 12.7 Å². The number of carbonyl (C=O) groups excluding carboxylic acids is 1. The van der Waals surface area contributed by atoms with Crippen LogP contribution in [0.3, 0.4) is 0 Å². The Morgan fingerprint density at radius 3 is 2.63 bits per heavy atom. The Kier molecular flexibility index (Phi) is 5.89. The van der Waals surface area contributed by atoms with Gasteiger partial charge >= 0.3 is 0 Å². The van der Waals surface area contributed by atoms with Gasteiger partial charge in [0.25, 0.3) is 5.91 Å². The van der Waals surface area contributed by atoms with E-state index in [9.17, 15) is 4.79 Å². The summed E-state index contributed by atoms with van der Waals surface area (Å²) in [7, 11) is 0. The minimum absolute atomic E-state index is 0.110. The maximum Gasteiger partial charge on any atom is 0.254 e. The SMILES string of the molecule is O=C(c1ccc2c(c1)OCO2)N(Cc1ccco1)Cc1cc2cc3c(cc2nc1N1CCOCC1)CCC3. The van der Waals surface area contributed by atoms with Gasteiger partial charge in [-0.3, -0.25) is 4.79 Å². The molecule has 38 heavy (non-hydrogen) atoms. The van der Waals surface area contributed by atoms with E-state index in [2.05, 4.69) is 23.1 Å². The molecule has 0 N–H and O–H groups in total. The van der Waals surface area contributed by atoms with Gasteiger partial charge in [-0.25, -0.2) is 4.98 Å². The van der Waals surface area contributed by atoms with Crippen molar-refractivity contribution in [2.24, 2.45) is 0 Å². The predicted octanol–water partition coefficient (Wildman–Crippen LogP) is 4.72. The number of hydrogen-bond donors (Lipinski definition) is 0. The predicted molar refractivity (Wildman–Crippen MR) is 142 cm³/mol. The third-order valence-corrected chi connectivity index (χ3v) is 7.59. The maximum atomic E-state index is 13.9. The molecule has 8 heteroatoms. The van der Waals surface area contributed by atoms with Crippen LogP contribution in [0.5, 0.6) is 11.5 Å². The van der Waals surface area contributed by atoms with E-state index in [0.717, 1.165) is 54.0 Å². The van der Waals surface area contributed by atoms with Crippen LogP contribution >= 0.6 is 0 Å². The van der Waals surface area contributed by atoms with E-state index in [1.807, 2.05) is 17.0 Å². The first-order valence-corrected chi connectivity index (χ1v) is 13.2. The van der Waals surface area contributed by atoms with Crippen LogP contribution in [0.1, 0.15) is 39.2 Å². The van der Waals surface area contributed by atoms with Gasteiger partial charge in [-0.05, 0) is 78.9 Å². The number of aryl methyl sites for hydroxylation is 2. The van der Waals surface area contributed by atoms with Crippen LogP contribution in [-0.2, 0) is 30.7 Å². The third-order valence-electron chi connectivity index (χ3n) is 7.59. The first kappa shape index (κ1) is 23.1. The number of aromatic nitrogens is 1. The second kappa shape index (κ2) is 9.68. The van der Waals surface area contributed by atoms with Crippen LogP contribution in [0.2, 0.25) is 0 Å². The summed E-state index contributed by atoms with van der Waals surface area (Å²) in [5.41, 5.74) is 5.38. The van der Waals surface area contributed by atoms with Crippen LogP contribution in [-0.4, -0.2) is 48.9 Å². The summed E-state index contributed by atoms with van der Waals surface area (Å²) in [5.74, 6) is 2.77. The number of anilines is 1. The van der Waals surface area contributed by atoms with Gasteiger partial charge in [0.05, 0.1) is 38.1 Å². The zero-order valence-corrected chi connectivity index (χ0v) is 21.2. The van der Waals surface area contributed by atoms with Crippen molar-refractivity contribution in [3.05, 3.63) is 82.8 Å². The van der Waals surface area contributed by atoms with Gasteiger partial charge in [0.15, 0.2) is 11.5 Å². The van der Waals surface area contributed by atoms with Crippen LogP contribution < -0.4 is 14.4 Å². The second-order valence-electron chi connectivity index (χ2n) is 10.0. The van der Waals surface area contributed by atoms with Gasteiger partial charge in [-0.15, -0.1) is 0 Å². The number of nitrogens with zero attached hydrogens (tertiary/aromatic N) is 3. The van der Waals surface area contributed by atoms with Crippen molar-refractivity contribution in [1.29, 1.82) is 0 Å². The summed E-state index contributed by atoms with van der Waals surface area (Å²) < 4.78 is 22.3. The van der Waals surface area contributed by atoms with Crippen molar-refractivity contribution >= 4 is 22.6 Å².